The largest absolute Gasteiger partial charge is 0.491 e. The molecule has 0 aliphatic carbocycles. The monoisotopic (exact) mass is 287 g/mol. The topological polar surface area (TPSA) is 44.5 Å². The first-order valence-corrected chi connectivity index (χ1v) is 6.08. The van der Waals surface area contributed by atoms with Crippen LogP contribution in [0.5, 0.6) is 5.75 Å². The van der Waals surface area contributed by atoms with Crippen LogP contribution in [0.25, 0.3) is 0 Å². The van der Waals surface area contributed by atoms with Crippen molar-refractivity contribution in [1.82, 2.24) is 0 Å². The summed E-state index contributed by atoms with van der Waals surface area (Å²) in [7, 11) is 1.66. The van der Waals surface area contributed by atoms with Gasteiger partial charge < -0.3 is 15.2 Å². The number of ether oxygens (including phenoxy) is 2. The first kappa shape index (κ1) is 13.5. The predicted octanol–water partition coefficient (Wildman–Crippen LogP) is 2.36. The van der Waals surface area contributed by atoms with E-state index in [9.17, 15) is 0 Å². The van der Waals surface area contributed by atoms with E-state index in [4.69, 9.17) is 15.2 Å². The zero-order valence-electron chi connectivity index (χ0n) is 9.70. The highest BCUT2D eigenvalue weighted by molar-refractivity contribution is 9.10. The molecule has 0 aliphatic heterocycles. The van der Waals surface area contributed by atoms with Crippen molar-refractivity contribution in [3.63, 3.8) is 0 Å². The van der Waals surface area contributed by atoms with Crippen LogP contribution in [0.3, 0.4) is 0 Å². The van der Waals surface area contributed by atoms with Crippen LogP contribution in [0, 0.1) is 0 Å². The third kappa shape index (κ3) is 4.51. The number of hydrogen-bond acceptors (Lipinski definition) is 3. The fourth-order valence-electron chi connectivity index (χ4n) is 1.43. The van der Waals surface area contributed by atoms with Crippen molar-refractivity contribution in [3.8, 4) is 5.75 Å². The van der Waals surface area contributed by atoms with E-state index < -0.39 is 0 Å². The Kier molecular flexibility index (Phi) is 5.80. The lowest BCUT2D eigenvalue weighted by Crippen LogP contribution is -2.18. The number of nitrogens with two attached hydrogens (primary N) is 1. The van der Waals surface area contributed by atoms with Crippen molar-refractivity contribution >= 4 is 15.9 Å². The molecule has 0 saturated heterocycles. The predicted molar refractivity (Wildman–Crippen MR) is 68.9 cm³/mol. The molecular formula is C12H18BrNO2. The van der Waals surface area contributed by atoms with Crippen molar-refractivity contribution in [2.75, 3.05) is 20.3 Å². The molecule has 90 valence electrons. The van der Waals surface area contributed by atoms with Gasteiger partial charge in [0.15, 0.2) is 0 Å². The van der Waals surface area contributed by atoms with Gasteiger partial charge in [0.25, 0.3) is 0 Å². The molecule has 0 aliphatic rings. The van der Waals surface area contributed by atoms with Gasteiger partial charge in [-0.3, -0.25) is 0 Å². The molecule has 0 radical (unpaired) electrons. The number of benzene rings is 1. The Morgan fingerprint density at radius 2 is 2.12 bits per heavy atom. The molecule has 2 N–H and O–H groups in total. The van der Waals surface area contributed by atoms with Crippen LogP contribution in [0.15, 0.2) is 22.7 Å². The van der Waals surface area contributed by atoms with Gasteiger partial charge in [0, 0.05) is 17.6 Å². The third-order valence-corrected chi connectivity index (χ3v) is 2.60. The van der Waals surface area contributed by atoms with Gasteiger partial charge in [-0.15, -0.1) is 0 Å². The zero-order chi connectivity index (χ0) is 12.0. The second kappa shape index (κ2) is 6.89. The summed E-state index contributed by atoms with van der Waals surface area (Å²) in [5.74, 6) is 0.887. The minimum absolute atomic E-state index is 0.124. The number of halogens is 1. The van der Waals surface area contributed by atoms with Crippen LogP contribution >= 0.6 is 15.9 Å². The van der Waals surface area contributed by atoms with Crippen LogP contribution < -0.4 is 10.5 Å². The van der Waals surface area contributed by atoms with Crippen molar-refractivity contribution in [3.05, 3.63) is 28.2 Å². The molecule has 4 heteroatoms. The maximum atomic E-state index is 5.80. The smallest absolute Gasteiger partial charge is 0.122 e. The lowest BCUT2D eigenvalue weighted by atomic mass is 10.1. The summed E-state index contributed by atoms with van der Waals surface area (Å²) in [4.78, 5) is 0. The van der Waals surface area contributed by atoms with E-state index in [0.29, 0.717) is 13.2 Å². The maximum Gasteiger partial charge on any atom is 0.122 e. The standard InChI is InChI=1S/C12H18BrNO2/c1-9(14)7-10-8-11(13)3-4-12(10)16-6-5-15-2/h3-4,8-9H,5-7,14H2,1-2H3. The Hall–Kier alpha value is -0.580. The van der Waals surface area contributed by atoms with E-state index in [1.807, 2.05) is 25.1 Å². The molecule has 0 amide bonds. The van der Waals surface area contributed by atoms with Crippen molar-refractivity contribution in [1.29, 1.82) is 0 Å². The molecule has 0 fully saturated rings. The second-order valence-electron chi connectivity index (χ2n) is 3.77. The summed E-state index contributed by atoms with van der Waals surface area (Å²) in [6.45, 7) is 3.14. The first-order valence-electron chi connectivity index (χ1n) is 5.29. The SMILES string of the molecule is COCCOc1ccc(Br)cc1CC(C)N. The fraction of sp³-hybridized carbons (Fsp3) is 0.500. The molecule has 0 heterocycles. The van der Waals surface area contributed by atoms with Gasteiger partial charge >= 0.3 is 0 Å². The van der Waals surface area contributed by atoms with E-state index >= 15 is 0 Å². The van der Waals surface area contributed by atoms with E-state index in [0.717, 1.165) is 22.2 Å². The average Bonchev–Trinajstić information content (AvgIpc) is 2.20. The van der Waals surface area contributed by atoms with Gasteiger partial charge in [-0.25, -0.2) is 0 Å². The normalized spacial score (nSPS) is 12.5. The van der Waals surface area contributed by atoms with Gasteiger partial charge in [0.2, 0.25) is 0 Å². The van der Waals surface area contributed by atoms with Gasteiger partial charge in [0.05, 0.1) is 6.61 Å². The molecule has 1 aromatic rings. The van der Waals surface area contributed by atoms with E-state index in [1.54, 1.807) is 7.11 Å². The Morgan fingerprint density at radius 1 is 1.38 bits per heavy atom. The molecule has 1 atom stereocenters. The molecule has 0 saturated carbocycles. The van der Waals surface area contributed by atoms with Crippen molar-refractivity contribution in [2.24, 2.45) is 5.73 Å². The molecular weight excluding hydrogens is 270 g/mol. The molecule has 1 rings (SSSR count). The summed E-state index contributed by atoms with van der Waals surface area (Å²) < 4.78 is 11.6. The molecule has 1 unspecified atom stereocenters. The van der Waals surface area contributed by atoms with Crippen LogP contribution in [0.4, 0.5) is 0 Å². The Labute approximate surface area is 105 Å². The van der Waals surface area contributed by atoms with E-state index in [-0.39, 0.29) is 6.04 Å². The quantitative estimate of drug-likeness (QED) is 0.817. The van der Waals surface area contributed by atoms with E-state index in [1.165, 1.54) is 0 Å². The van der Waals surface area contributed by atoms with Crippen molar-refractivity contribution in [2.45, 2.75) is 19.4 Å². The maximum absolute atomic E-state index is 5.80. The summed E-state index contributed by atoms with van der Waals surface area (Å²) in [5.41, 5.74) is 6.93. The number of rotatable bonds is 6. The highest BCUT2D eigenvalue weighted by Crippen LogP contribution is 2.24. The van der Waals surface area contributed by atoms with Crippen molar-refractivity contribution < 1.29 is 9.47 Å². The highest BCUT2D eigenvalue weighted by Gasteiger charge is 2.06. The van der Waals surface area contributed by atoms with Crippen LogP contribution in [-0.2, 0) is 11.2 Å². The molecule has 0 bridgehead atoms. The molecule has 16 heavy (non-hydrogen) atoms. The minimum atomic E-state index is 0.124. The second-order valence-corrected chi connectivity index (χ2v) is 4.69. The first-order chi connectivity index (χ1) is 7.63. The number of hydrogen-bond donors (Lipinski definition) is 1. The van der Waals surface area contributed by atoms with Gasteiger partial charge in [0.1, 0.15) is 12.4 Å². The van der Waals surface area contributed by atoms with Gasteiger partial charge in [-0.2, -0.15) is 0 Å². The molecule has 0 spiro atoms. The Bertz CT molecular complexity index is 329. The summed E-state index contributed by atoms with van der Waals surface area (Å²) >= 11 is 3.45. The summed E-state index contributed by atoms with van der Waals surface area (Å²) in [6.07, 6.45) is 0.807. The lowest BCUT2D eigenvalue weighted by molar-refractivity contribution is 0.145. The van der Waals surface area contributed by atoms with Gasteiger partial charge in [-0.05, 0) is 37.1 Å². The fourth-order valence-corrected chi connectivity index (χ4v) is 1.84. The minimum Gasteiger partial charge on any atom is -0.491 e. The zero-order valence-corrected chi connectivity index (χ0v) is 11.3. The Morgan fingerprint density at radius 3 is 2.75 bits per heavy atom. The highest BCUT2D eigenvalue weighted by atomic mass is 79.9. The molecule has 0 aromatic heterocycles. The lowest BCUT2D eigenvalue weighted by Gasteiger charge is -2.13. The van der Waals surface area contributed by atoms with Crippen LogP contribution in [-0.4, -0.2) is 26.4 Å². The van der Waals surface area contributed by atoms with Crippen LogP contribution in [0.2, 0.25) is 0 Å². The Balaban J connectivity index is 2.72. The van der Waals surface area contributed by atoms with E-state index in [2.05, 4.69) is 15.9 Å². The summed E-state index contributed by atoms with van der Waals surface area (Å²) in [6, 6.07) is 6.09. The van der Waals surface area contributed by atoms with Crippen LogP contribution in [0.1, 0.15) is 12.5 Å². The molecule has 3 nitrogen and oxygen atoms in total. The molecule has 1 aromatic carbocycles. The summed E-state index contributed by atoms with van der Waals surface area (Å²) in [5, 5.41) is 0. The average molecular weight is 288 g/mol. The van der Waals surface area contributed by atoms with Gasteiger partial charge in [-0.1, -0.05) is 15.9 Å². The third-order valence-electron chi connectivity index (χ3n) is 2.11. The number of methoxy groups -OCH3 is 1.